The summed E-state index contributed by atoms with van der Waals surface area (Å²) in [6.07, 6.45) is 5.23. The van der Waals surface area contributed by atoms with Crippen molar-refractivity contribution in [1.29, 1.82) is 0 Å². The number of carbonyl (C=O) groups is 2. The van der Waals surface area contributed by atoms with Crippen molar-refractivity contribution >= 4 is 11.9 Å². The monoisotopic (exact) mass is 399 g/mol. The first-order valence-electron chi connectivity index (χ1n) is 10.3. The van der Waals surface area contributed by atoms with Crippen LogP contribution in [-0.4, -0.2) is 63.6 Å². The molecule has 2 heterocycles. The van der Waals surface area contributed by atoms with Gasteiger partial charge in [-0.25, -0.2) is 4.79 Å². The minimum Gasteiger partial charge on any atom is -0.339 e. The van der Waals surface area contributed by atoms with E-state index in [0.717, 1.165) is 45.2 Å². The Morgan fingerprint density at radius 1 is 1.17 bits per heavy atom. The molecule has 156 valence electrons. The minimum absolute atomic E-state index is 0.0231. The first-order valence-corrected chi connectivity index (χ1v) is 10.3. The molecule has 3 N–H and O–H groups in total. The predicted octanol–water partition coefficient (Wildman–Crippen LogP) is 2.21. The lowest BCUT2D eigenvalue weighted by molar-refractivity contribution is 0.0686. The molecule has 1 aliphatic heterocycles. The topological polar surface area (TPSA) is 116 Å². The molecule has 0 atom stereocenters. The van der Waals surface area contributed by atoms with Crippen LogP contribution in [-0.2, 0) is 0 Å². The summed E-state index contributed by atoms with van der Waals surface area (Å²) in [4.78, 5) is 26.3. The molecule has 9 nitrogen and oxygen atoms in total. The molecule has 1 fully saturated rings. The summed E-state index contributed by atoms with van der Waals surface area (Å²) in [5.74, 6) is 1.09. The molecule has 0 saturated carbocycles. The number of rotatable bonds is 8. The largest absolute Gasteiger partial charge is 0.339 e. The van der Waals surface area contributed by atoms with Gasteiger partial charge in [0, 0.05) is 31.7 Å². The van der Waals surface area contributed by atoms with Crippen LogP contribution in [0.15, 0.2) is 24.3 Å². The van der Waals surface area contributed by atoms with Crippen LogP contribution in [0.25, 0.3) is 11.4 Å². The highest BCUT2D eigenvalue weighted by Crippen LogP contribution is 2.26. The normalized spacial score (nSPS) is 14.6. The first-order chi connectivity index (χ1) is 14.2. The van der Waals surface area contributed by atoms with Crippen molar-refractivity contribution < 1.29 is 9.59 Å². The van der Waals surface area contributed by atoms with Crippen molar-refractivity contribution in [2.45, 2.75) is 39.0 Å². The van der Waals surface area contributed by atoms with Gasteiger partial charge in [0.1, 0.15) is 0 Å². The van der Waals surface area contributed by atoms with Gasteiger partial charge in [0.05, 0.1) is 5.56 Å². The molecule has 1 aromatic carbocycles. The molecular weight excluding hydrogens is 370 g/mol. The lowest BCUT2D eigenvalue weighted by atomic mass is 9.91. The third-order valence-electron chi connectivity index (χ3n) is 5.31. The lowest BCUT2D eigenvalue weighted by Gasteiger charge is -2.32. The Morgan fingerprint density at radius 2 is 1.97 bits per heavy atom. The van der Waals surface area contributed by atoms with Crippen LogP contribution in [0.5, 0.6) is 0 Å². The van der Waals surface area contributed by atoms with Crippen molar-refractivity contribution in [3.8, 4) is 11.4 Å². The maximum absolute atomic E-state index is 13.0. The Balaban J connectivity index is 1.43. The number of carbonyl (C=O) groups excluding carboxylic acids is 2. The number of nitrogens with zero attached hydrogens (tertiary/aromatic N) is 4. The second-order valence-electron chi connectivity index (χ2n) is 7.30. The van der Waals surface area contributed by atoms with Gasteiger partial charge in [0.25, 0.3) is 5.91 Å². The van der Waals surface area contributed by atoms with Crippen LogP contribution in [0.1, 0.15) is 49.4 Å². The number of H-pyrrole nitrogens is 1. The van der Waals surface area contributed by atoms with E-state index >= 15 is 0 Å². The Bertz CT molecular complexity index is 786. The maximum atomic E-state index is 13.0. The summed E-state index contributed by atoms with van der Waals surface area (Å²) in [5.41, 5.74) is 1.32. The Labute approximate surface area is 170 Å². The van der Waals surface area contributed by atoms with E-state index in [4.69, 9.17) is 0 Å². The molecular formula is C20H29N7O2. The van der Waals surface area contributed by atoms with Crippen LogP contribution in [0.2, 0.25) is 0 Å². The predicted molar refractivity (Wildman–Crippen MR) is 109 cm³/mol. The fourth-order valence-corrected chi connectivity index (χ4v) is 3.72. The number of unbranched alkanes of at least 4 members (excludes halogenated alkanes) is 1. The van der Waals surface area contributed by atoms with Crippen molar-refractivity contribution in [2.75, 3.05) is 26.2 Å². The van der Waals surface area contributed by atoms with Crippen LogP contribution in [0.3, 0.4) is 0 Å². The van der Waals surface area contributed by atoms with E-state index in [-0.39, 0.29) is 11.9 Å². The van der Waals surface area contributed by atoms with Gasteiger partial charge in [-0.05, 0) is 43.4 Å². The number of nitrogens with one attached hydrogen (secondary N) is 3. The van der Waals surface area contributed by atoms with Gasteiger partial charge in [-0.15, -0.1) is 10.2 Å². The maximum Gasteiger partial charge on any atom is 0.314 e. The third kappa shape index (κ3) is 5.75. The molecule has 0 bridgehead atoms. The number of hydrogen-bond donors (Lipinski definition) is 3. The molecule has 0 spiro atoms. The number of likely N-dealkylation sites (tertiary alicyclic amines) is 1. The van der Waals surface area contributed by atoms with Gasteiger partial charge in [-0.2, -0.15) is 5.21 Å². The van der Waals surface area contributed by atoms with E-state index in [1.165, 1.54) is 0 Å². The summed E-state index contributed by atoms with van der Waals surface area (Å²) in [6.45, 7) is 4.78. The zero-order valence-corrected chi connectivity index (χ0v) is 16.9. The van der Waals surface area contributed by atoms with Crippen molar-refractivity contribution in [2.24, 2.45) is 5.92 Å². The number of amides is 3. The van der Waals surface area contributed by atoms with Crippen LogP contribution in [0, 0.1) is 5.92 Å². The molecule has 1 saturated heterocycles. The molecule has 1 aromatic heterocycles. The number of piperidine rings is 1. The SMILES string of the molecule is CCNC(=O)NCCCCC1CCN(C(=O)c2ccccc2-c2nn[nH]n2)CC1. The van der Waals surface area contributed by atoms with Crippen molar-refractivity contribution in [3.05, 3.63) is 29.8 Å². The van der Waals surface area contributed by atoms with E-state index in [0.29, 0.717) is 36.0 Å². The van der Waals surface area contributed by atoms with Crippen LogP contribution in [0.4, 0.5) is 4.79 Å². The van der Waals surface area contributed by atoms with E-state index in [1.807, 2.05) is 36.1 Å². The molecule has 29 heavy (non-hydrogen) atoms. The zero-order valence-electron chi connectivity index (χ0n) is 16.9. The second kappa shape index (κ2) is 10.5. The highest BCUT2D eigenvalue weighted by Gasteiger charge is 2.25. The first kappa shape index (κ1) is 20.8. The van der Waals surface area contributed by atoms with Gasteiger partial charge in [-0.3, -0.25) is 4.79 Å². The minimum atomic E-state index is -0.0968. The fourth-order valence-electron chi connectivity index (χ4n) is 3.72. The van der Waals surface area contributed by atoms with Gasteiger partial charge in [-0.1, -0.05) is 31.0 Å². The van der Waals surface area contributed by atoms with Crippen molar-refractivity contribution in [1.82, 2.24) is 36.2 Å². The number of aromatic amines is 1. The molecule has 3 rings (SSSR count). The van der Waals surface area contributed by atoms with E-state index in [9.17, 15) is 9.59 Å². The van der Waals surface area contributed by atoms with E-state index < -0.39 is 0 Å². The number of benzene rings is 1. The van der Waals surface area contributed by atoms with E-state index in [1.54, 1.807) is 0 Å². The van der Waals surface area contributed by atoms with Crippen LogP contribution >= 0.6 is 0 Å². The molecule has 0 aliphatic carbocycles. The molecule has 0 unspecified atom stereocenters. The Kier molecular flexibility index (Phi) is 7.54. The summed E-state index contributed by atoms with van der Waals surface area (Å²) in [5, 5.41) is 19.6. The molecule has 0 radical (unpaired) electrons. The van der Waals surface area contributed by atoms with Gasteiger partial charge in [0.15, 0.2) is 0 Å². The van der Waals surface area contributed by atoms with E-state index in [2.05, 4.69) is 31.3 Å². The molecule has 1 aliphatic rings. The summed E-state index contributed by atoms with van der Waals surface area (Å²) >= 11 is 0. The molecule has 9 heteroatoms. The summed E-state index contributed by atoms with van der Waals surface area (Å²) in [6, 6.07) is 7.30. The van der Waals surface area contributed by atoms with Gasteiger partial charge < -0.3 is 15.5 Å². The quantitative estimate of drug-likeness (QED) is 0.589. The smallest absolute Gasteiger partial charge is 0.314 e. The number of tetrazole rings is 1. The highest BCUT2D eigenvalue weighted by atomic mass is 16.2. The lowest BCUT2D eigenvalue weighted by Crippen LogP contribution is -2.38. The summed E-state index contributed by atoms with van der Waals surface area (Å²) in [7, 11) is 0. The standard InChI is InChI=1S/C20H29N7O2/c1-2-21-20(29)22-12-6-5-7-15-10-13-27(14-11-15)19(28)17-9-4-3-8-16(17)18-23-25-26-24-18/h3-4,8-9,15H,2,5-7,10-14H2,1H3,(H2,21,22,29)(H,23,24,25,26). The average molecular weight is 399 g/mol. The van der Waals surface area contributed by atoms with Crippen molar-refractivity contribution in [3.63, 3.8) is 0 Å². The Hall–Kier alpha value is -2.97. The van der Waals surface area contributed by atoms with Gasteiger partial charge in [0.2, 0.25) is 5.82 Å². The number of urea groups is 1. The number of aromatic nitrogens is 4. The van der Waals surface area contributed by atoms with Gasteiger partial charge >= 0.3 is 6.03 Å². The second-order valence-corrected chi connectivity index (χ2v) is 7.30. The fraction of sp³-hybridized carbons (Fsp3) is 0.550. The number of hydrogen-bond acceptors (Lipinski definition) is 5. The molecule has 3 amide bonds. The summed E-state index contributed by atoms with van der Waals surface area (Å²) < 4.78 is 0. The molecule has 2 aromatic rings. The Morgan fingerprint density at radius 3 is 2.69 bits per heavy atom. The third-order valence-corrected chi connectivity index (χ3v) is 5.31. The van der Waals surface area contributed by atoms with Crippen LogP contribution < -0.4 is 10.6 Å². The zero-order chi connectivity index (χ0) is 20.5. The highest BCUT2D eigenvalue weighted by molar-refractivity contribution is 6.00. The average Bonchev–Trinajstić information content (AvgIpc) is 3.28.